The standard InChI is InChI=1S/C23H26F2N6O3/c1-11-14(8-29-22-21(11)27-3-5-34-22)13-6-12-7-18(28-9-15(12)20(26)19(13)25)31-23(32)30-17-2-4-33-10-16(17)24/h6-9,16-17,23,27,30,32H,2-5,10,26H2,1H3,(H,28,31)/t16-,17+,23?/m1/s1. The van der Waals surface area contributed by atoms with Gasteiger partial charge in [-0.2, -0.15) is 0 Å². The van der Waals surface area contributed by atoms with E-state index in [1.165, 1.54) is 6.20 Å². The average molecular weight is 472 g/mol. The first-order valence-electron chi connectivity index (χ1n) is 11.1. The Morgan fingerprint density at radius 3 is 2.91 bits per heavy atom. The number of rotatable bonds is 5. The SMILES string of the molecule is Cc1c(-c2cc3cc(NC(O)N[C@H]4CCOC[C@H]4F)ncc3c(N)c2F)cnc2c1NCCO2. The molecule has 1 fully saturated rings. The molecule has 2 aromatic heterocycles. The average Bonchev–Trinajstić information content (AvgIpc) is 2.83. The number of nitrogen functional groups attached to an aromatic ring is 1. The van der Waals surface area contributed by atoms with E-state index < -0.39 is 24.4 Å². The number of hydrogen-bond acceptors (Lipinski definition) is 9. The van der Waals surface area contributed by atoms with E-state index in [2.05, 4.69) is 25.9 Å². The summed E-state index contributed by atoms with van der Waals surface area (Å²) in [5.41, 5.74) is 8.50. The van der Waals surface area contributed by atoms with Crippen LogP contribution in [-0.2, 0) is 4.74 Å². The molecule has 34 heavy (non-hydrogen) atoms. The summed E-state index contributed by atoms with van der Waals surface area (Å²) in [4.78, 5) is 8.55. The van der Waals surface area contributed by atoms with Gasteiger partial charge in [-0.3, -0.25) is 5.32 Å². The molecule has 180 valence electrons. The number of nitrogens with one attached hydrogen (secondary N) is 3. The minimum Gasteiger partial charge on any atom is -0.474 e. The zero-order valence-corrected chi connectivity index (χ0v) is 18.6. The minimum atomic E-state index is -1.23. The Morgan fingerprint density at radius 2 is 2.09 bits per heavy atom. The Bertz CT molecular complexity index is 1230. The summed E-state index contributed by atoms with van der Waals surface area (Å²) in [7, 11) is 0. The summed E-state index contributed by atoms with van der Waals surface area (Å²) in [6, 6.07) is 2.79. The number of nitrogens with two attached hydrogens (primary N) is 1. The quantitative estimate of drug-likeness (QED) is 0.281. The molecule has 0 amide bonds. The lowest BCUT2D eigenvalue weighted by atomic mass is 9.97. The molecule has 0 spiro atoms. The van der Waals surface area contributed by atoms with Crippen molar-refractivity contribution in [3.8, 4) is 17.0 Å². The maximum absolute atomic E-state index is 15.3. The van der Waals surface area contributed by atoms with E-state index in [9.17, 15) is 9.50 Å². The van der Waals surface area contributed by atoms with E-state index in [0.29, 0.717) is 59.8 Å². The predicted molar refractivity (Wildman–Crippen MR) is 125 cm³/mol. The zero-order chi connectivity index (χ0) is 23.8. The fraction of sp³-hybridized carbons (Fsp3) is 0.391. The topological polar surface area (TPSA) is 127 Å². The maximum Gasteiger partial charge on any atom is 0.237 e. The van der Waals surface area contributed by atoms with Gasteiger partial charge in [0.1, 0.15) is 24.3 Å². The predicted octanol–water partition coefficient (Wildman–Crippen LogP) is 2.54. The van der Waals surface area contributed by atoms with Crippen molar-refractivity contribution < 1.29 is 23.4 Å². The maximum atomic E-state index is 15.3. The lowest BCUT2D eigenvalue weighted by Gasteiger charge is -2.29. The van der Waals surface area contributed by atoms with Crippen LogP contribution >= 0.6 is 0 Å². The van der Waals surface area contributed by atoms with Gasteiger partial charge in [0.2, 0.25) is 5.88 Å². The number of benzene rings is 1. The number of aromatic nitrogens is 2. The third-order valence-corrected chi connectivity index (χ3v) is 6.18. The summed E-state index contributed by atoms with van der Waals surface area (Å²) in [6.45, 7) is 3.43. The van der Waals surface area contributed by atoms with Gasteiger partial charge in [-0.25, -0.2) is 18.7 Å². The van der Waals surface area contributed by atoms with E-state index >= 15 is 4.39 Å². The van der Waals surface area contributed by atoms with Crippen molar-refractivity contribution in [2.24, 2.45) is 0 Å². The van der Waals surface area contributed by atoms with E-state index in [0.717, 1.165) is 11.3 Å². The Hall–Kier alpha value is -3.28. The van der Waals surface area contributed by atoms with Crippen molar-refractivity contribution in [3.63, 3.8) is 0 Å². The van der Waals surface area contributed by atoms with Crippen molar-refractivity contribution in [2.45, 2.75) is 31.9 Å². The molecule has 4 heterocycles. The lowest BCUT2D eigenvalue weighted by molar-refractivity contribution is -0.00147. The molecular formula is C23H26F2N6O3. The number of aliphatic hydroxyl groups is 1. The van der Waals surface area contributed by atoms with E-state index in [1.807, 2.05) is 6.92 Å². The van der Waals surface area contributed by atoms with Gasteiger partial charge < -0.3 is 30.9 Å². The highest BCUT2D eigenvalue weighted by molar-refractivity contribution is 5.98. The van der Waals surface area contributed by atoms with E-state index in [1.54, 1.807) is 18.3 Å². The lowest BCUT2D eigenvalue weighted by Crippen LogP contribution is -2.51. The Kier molecular flexibility index (Phi) is 6.07. The smallest absolute Gasteiger partial charge is 0.237 e. The van der Waals surface area contributed by atoms with E-state index in [-0.39, 0.29) is 12.3 Å². The first-order valence-corrected chi connectivity index (χ1v) is 11.1. The number of ether oxygens (including phenoxy) is 2. The van der Waals surface area contributed by atoms with Gasteiger partial charge in [-0.1, -0.05) is 0 Å². The van der Waals surface area contributed by atoms with Crippen LogP contribution in [0.4, 0.5) is 26.0 Å². The second kappa shape index (κ2) is 9.16. The van der Waals surface area contributed by atoms with Gasteiger partial charge >= 0.3 is 0 Å². The van der Waals surface area contributed by atoms with Crippen molar-refractivity contribution in [2.75, 3.05) is 42.7 Å². The number of anilines is 3. The first-order chi connectivity index (χ1) is 16.4. The molecule has 0 bridgehead atoms. The highest BCUT2D eigenvalue weighted by atomic mass is 19.1. The van der Waals surface area contributed by atoms with Crippen LogP contribution in [0.2, 0.25) is 0 Å². The molecule has 11 heteroatoms. The van der Waals surface area contributed by atoms with Crippen LogP contribution in [0.25, 0.3) is 21.9 Å². The van der Waals surface area contributed by atoms with Crippen LogP contribution in [-0.4, -0.2) is 60.0 Å². The van der Waals surface area contributed by atoms with Crippen molar-refractivity contribution in [1.29, 1.82) is 0 Å². The highest BCUT2D eigenvalue weighted by Crippen LogP contribution is 2.39. The van der Waals surface area contributed by atoms with Crippen LogP contribution in [0.1, 0.15) is 12.0 Å². The second-order valence-electron chi connectivity index (χ2n) is 8.39. The fourth-order valence-corrected chi connectivity index (χ4v) is 4.34. The van der Waals surface area contributed by atoms with Gasteiger partial charge in [0.15, 0.2) is 12.2 Å². The molecule has 5 rings (SSSR count). The van der Waals surface area contributed by atoms with Crippen LogP contribution < -0.4 is 26.4 Å². The number of fused-ring (bicyclic) bond motifs is 2. The number of nitrogens with zero attached hydrogens (tertiary/aromatic N) is 2. The molecule has 0 aliphatic carbocycles. The number of alkyl halides is 1. The van der Waals surface area contributed by atoms with Crippen LogP contribution in [0.15, 0.2) is 24.5 Å². The summed E-state index contributed by atoms with van der Waals surface area (Å²) in [5, 5.41) is 20.2. The van der Waals surface area contributed by atoms with Crippen LogP contribution in [0.3, 0.4) is 0 Å². The van der Waals surface area contributed by atoms with Crippen molar-refractivity contribution in [3.05, 3.63) is 35.9 Å². The van der Waals surface area contributed by atoms with Gasteiger partial charge in [0.25, 0.3) is 0 Å². The van der Waals surface area contributed by atoms with E-state index in [4.69, 9.17) is 15.2 Å². The molecule has 1 aromatic carbocycles. The monoisotopic (exact) mass is 472 g/mol. The second-order valence-corrected chi connectivity index (χ2v) is 8.39. The summed E-state index contributed by atoms with van der Waals surface area (Å²) >= 11 is 0. The molecule has 3 aromatic rings. The largest absolute Gasteiger partial charge is 0.474 e. The molecule has 9 nitrogen and oxygen atoms in total. The number of hydrogen-bond donors (Lipinski definition) is 5. The molecule has 1 unspecified atom stereocenters. The minimum absolute atomic E-state index is 0.00909. The van der Waals surface area contributed by atoms with Crippen LogP contribution in [0.5, 0.6) is 5.88 Å². The highest BCUT2D eigenvalue weighted by Gasteiger charge is 2.27. The number of halogens is 2. The summed E-state index contributed by atoms with van der Waals surface area (Å²) < 4.78 is 39.9. The molecule has 2 aliphatic rings. The summed E-state index contributed by atoms with van der Waals surface area (Å²) in [5.74, 6) is 0.243. The third kappa shape index (κ3) is 4.17. The first kappa shape index (κ1) is 22.5. The Labute approximate surface area is 194 Å². The van der Waals surface area contributed by atoms with Gasteiger partial charge in [-0.05, 0) is 36.4 Å². The zero-order valence-electron chi connectivity index (χ0n) is 18.6. The van der Waals surface area contributed by atoms with Gasteiger partial charge in [-0.15, -0.1) is 0 Å². The fourth-order valence-electron chi connectivity index (χ4n) is 4.34. The molecule has 1 saturated heterocycles. The van der Waals surface area contributed by atoms with Gasteiger partial charge in [0.05, 0.1) is 12.3 Å². The normalized spacial score (nSPS) is 20.8. The Balaban J connectivity index is 1.45. The molecular weight excluding hydrogens is 446 g/mol. The molecule has 2 aliphatic heterocycles. The molecule has 6 N–H and O–H groups in total. The molecule has 0 saturated carbocycles. The van der Waals surface area contributed by atoms with Gasteiger partial charge in [0, 0.05) is 48.1 Å². The summed E-state index contributed by atoms with van der Waals surface area (Å²) in [6.07, 6.45) is 1.00. The van der Waals surface area contributed by atoms with Crippen molar-refractivity contribution >= 4 is 28.0 Å². The molecule has 0 radical (unpaired) electrons. The number of aliphatic hydroxyl groups excluding tert-OH is 1. The number of pyridine rings is 2. The van der Waals surface area contributed by atoms with Crippen molar-refractivity contribution in [1.82, 2.24) is 15.3 Å². The molecule has 3 atom stereocenters. The Morgan fingerprint density at radius 1 is 1.24 bits per heavy atom. The third-order valence-electron chi connectivity index (χ3n) is 6.18. The van der Waals surface area contributed by atoms with Crippen LogP contribution in [0, 0.1) is 12.7 Å².